The van der Waals surface area contributed by atoms with Crippen molar-refractivity contribution in [1.29, 1.82) is 0 Å². The predicted octanol–water partition coefficient (Wildman–Crippen LogP) is 2.54. The first-order valence-electron chi connectivity index (χ1n) is 5.85. The van der Waals surface area contributed by atoms with Crippen molar-refractivity contribution in [1.82, 2.24) is 0 Å². The quantitative estimate of drug-likeness (QED) is 0.800. The summed E-state index contributed by atoms with van der Waals surface area (Å²) in [7, 11) is 0. The molecule has 0 amide bonds. The number of hydrogen-bond acceptors (Lipinski definition) is 1. The Morgan fingerprint density at radius 1 is 1.00 bits per heavy atom. The molecule has 17 heavy (non-hydrogen) atoms. The maximum atomic E-state index is 10.0. The van der Waals surface area contributed by atoms with Crippen LogP contribution in [0.15, 0.2) is 48.5 Å². The first kappa shape index (κ1) is 11.0. The summed E-state index contributed by atoms with van der Waals surface area (Å²) < 4.78 is 1.37. The molecule has 1 aliphatic rings. The second kappa shape index (κ2) is 4.66. The zero-order valence-electron chi connectivity index (χ0n) is 9.47. The van der Waals surface area contributed by atoms with Gasteiger partial charge in [-0.3, -0.25) is 0 Å². The van der Waals surface area contributed by atoms with E-state index in [1.165, 1.54) is 15.6 Å². The molecule has 0 saturated carbocycles. The monoisotopic (exact) mass is 290 g/mol. The third-order valence-electron chi connectivity index (χ3n) is 3.12. The Hall–Kier alpha value is -1.08. The molecule has 3 rings (SSSR count). The van der Waals surface area contributed by atoms with Crippen molar-refractivity contribution < 1.29 is 5.11 Å². The van der Waals surface area contributed by atoms with Gasteiger partial charge in [-0.2, -0.15) is 0 Å². The third-order valence-corrected chi connectivity index (χ3v) is 5.48. The fraction of sp³-hybridized carbons (Fsp3) is 0.200. The number of aliphatic hydroxyl groups excluding tert-OH is 1. The summed E-state index contributed by atoms with van der Waals surface area (Å²) in [5, 5.41) is 11.2. The van der Waals surface area contributed by atoms with Crippen molar-refractivity contribution in [3.05, 3.63) is 54.1 Å². The molecule has 0 bridgehead atoms. The van der Waals surface area contributed by atoms with Gasteiger partial charge in [0.25, 0.3) is 0 Å². The van der Waals surface area contributed by atoms with E-state index in [4.69, 9.17) is 0 Å². The van der Waals surface area contributed by atoms with Crippen molar-refractivity contribution in [2.24, 2.45) is 0 Å². The van der Waals surface area contributed by atoms with E-state index in [0.717, 1.165) is 17.3 Å². The first-order valence-corrected chi connectivity index (χ1v) is 7.91. The Kier molecular flexibility index (Phi) is 3.02. The van der Waals surface area contributed by atoms with Crippen LogP contribution in [-0.2, 0) is 0 Å². The molecule has 0 aliphatic carbocycles. The van der Waals surface area contributed by atoms with E-state index in [9.17, 15) is 5.11 Å². The average Bonchev–Trinajstić information content (AvgIpc) is 2.40. The molecule has 86 valence electrons. The summed E-state index contributed by atoms with van der Waals surface area (Å²) in [6, 6.07) is 16.9. The van der Waals surface area contributed by atoms with Gasteiger partial charge in [-0.15, -0.1) is 0 Å². The van der Waals surface area contributed by atoms with Crippen LogP contribution in [0.1, 0.15) is 18.1 Å². The minimum atomic E-state index is -0.260. The maximum absolute atomic E-state index is 10.0. The van der Waals surface area contributed by atoms with Crippen LogP contribution in [-0.4, -0.2) is 20.1 Å². The molecule has 2 aromatic rings. The number of rotatable bonds is 1. The van der Waals surface area contributed by atoms with Crippen LogP contribution in [0.4, 0.5) is 0 Å². The van der Waals surface area contributed by atoms with E-state index in [1.54, 1.807) is 0 Å². The molecule has 1 N–H and O–H groups in total. The number of hydrogen-bond donors (Lipinski definition) is 1. The van der Waals surface area contributed by atoms with E-state index in [-0.39, 0.29) is 6.10 Å². The molecule has 1 aliphatic heterocycles. The van der Waals surface area contributed by atoms with Gasteiger partial charge in [0.05, 0.1) is 0 Å². The number of aliphatic hydroxyl groups is 1. The van der Waals surface area contributed by atoms with Crippen molar-refractivity contribution >= 4 is 19.4 Å². The molecule has 1 unspecified atom stereocenters. The zero-order valence-corrected chi connectivity index (χ0v) is 11.2. The molecule has 0 radical (unpaired) electrons. The van der Waals surface area contributed by atoms with Gasteiger partial charge < -0.3 is 0 Å². The standard InChI is InChI=1S/C15H14OSe/c16-14-8-9-17-15-7-6-12(10-13(14)15)11-4-2-1-3-5-11/h1-7,10,14,16H,8-9H2. The van der Waals surface area contributed by atoms with Crippen molar-refractivity contribution in [3.8, 4) is 11.1 Å². The Morgan fingerprint density at radius 2 is 1.82 bits per heavy atom. The van der Waals surface area contributed by atoms with E-state index in [1.807, 2.05) is 6.07 Å². The van der Waals surface area contributed by atoms with Crippen LogP contribution >= 0.6 is 0 Å². The van der Waals surface area contributed by atoms with Crippen molar-refractivity contribution in [2.75, 3.05) is 0 Å². The average molecular weight is 289 g/mol. The molecular weight excluding hydrogens is 275 g/mol. The second-order valence-electron chi connectivity index (χ2n) is 4.27. The van der Waals surface area contributed by atoms with Crippen LogP contribution in [0.3, 0.4) is 0 Å². The van der Waals surface area contributed by atoms with Gasteiger partial charge in [-0.1, -0.05) is 0 Å². The topological polar surface area (TPSA) is 20.2 Å². The molecule has 1 nitrogen and oxygen atoms in total. The Labute approximate surface area is 108 Å². The van der Waals surface area contributed by atoms with Gasteiger partial charge in [-0.25, -0.2) is 0 Å². The Bertz CT molecular complexity index is 522. The van der Waals surface area contributed by atoms with Gasteiger partial charge in [0.1, 0.15) is 0 Å². The molecule has 0 spiro atoms. The van der Waals surface area contributed by atoms with E-state index in [0.29, 0.717) is 15.0 Å². The summed E-state index contributed by atoms with van der Waals surface area (Å²) >= 11 is 0.545. The summed E-state index contributed by atoms with van der Waals surface area (Å²) in [5.41, 5.74) is 3.58. The molecular formula is C15H14OSe. The molecule has 0 fully saturated rings. The molecule has 1 heterocycles. The zero-order chi connectivity index (χ0) is 11.7. The summed E-state index contributed by atoms with van der Waals surface area (Å²) in [6.45, 7) is 0. The van der Waals surface area contributed by atoms with Gasteiger partial charge in [-0.05, 0) is 0 Å². The fourth-order valence-corrected chi connectivity index (χ4v) is 4.47. The molecule has 2 aromatic carbocycles. The Balaban J connectivity index is 2.06. The normalized spacial score (nSPS) is 18.8. The van der Waals surface area contributed by atoms with Gasteiger partial charge >= 0.3 is 108 Å². The summed E-state index contributed by atoms with van der Waals surface area (Å²) in [6.07, 6.45) is 0.662. The third kappa shape index (κ3) is 2.16. The minimum absolute atomic E-state index is 0.260. The first-order chi connectivity index (χ1) is 8.34. The molecule has 0 aromatic heterocycles. The number of benzene rings is 2. The molecule has 1 atom stereocenters. The molecule has 0 saturated heterocycles. The predicted molar refractivity (Wildman–Crippen MR) is 71.6 cm³/mol. The fourth-order valence-electron chi connectivity index (χ4n) is 2.19. The van der Waals surface area contributed by atoms with Crippen molar-refractivity contribution in [2.45, 2.75) is 17.8 Å². The Morgan fingerprint density at radius 3 is 2.65 bits per heavy atom. The van der Waals surface area contributed by atoms with E-state index in [2.05, 4.69) is 42.5 Å². The van der Waals surface area contributed by atoms with Gasteiger partial charge in [0.2, 0.25) is 0 Å². The van der Waals surface area contributed by atoms with Crippen molar-refractivity contribution in [3.63, 3.8) is 0 Å². The van der Waals surface area contributed by atoms with Crippen LogP contribution in [0.25, 0.3) is 11.1 Å². The summed E-state index contributed by atoms with van der Waals surface area (Å²) in [4.78, 5) is 0. The molecule has 2 heteroatoms. The van der Waals surface area contributed by atoms with E-state index < -0.39 is 0 Å². The SMILES string of the molecule is OC1CC[Se]c2ccc(-c3ccccc3)cc21. The van der Waals surface area contributed by atoms with Gasteiger partial charge in [0, 0.05) is 0 Å². The second-order valence-corrected chi connectivity index (χ2v) is 6.66. The van der Waals surface area contributed by atoms with Crippen LogP contribution in [0, 0.1) is 0 Å². The van der Waals surface area contributed by atoms with Crippen LogP contribution < -0.4 is 4.46 Å². The summed E-state index contributed by atoms with van der Waals surface area (Å²) in [5.74, 6) is 0. The van der Waals surface area contributed by atoms with Crippen LogP contribution in [0.2, 0.25) is 5.32 Å². The van der Waals surface area contributed by atoms with E-state index >= 15 is 0 Å². The van der Waals surface area contributed by atoms with Gasteiger partial charge in [0.15, 0.2) is 0 Å². The number of fused-ring (bicyclic) bond motifs is 1. The van der Waals surface area contributed by atoms with Crippen LogP contribution in [0.5, 0.6) is 0 Å².